The number of hydrogen-bond donors (Lipinski definition) is 0. The van der Waals surface area contributed by atoms with Gasteiger partial charge in [0.15, 0.2) is 0 Å². The average molecular weight is 702 g/mol. The highest BCUT2D eigenvalue weighted by Gasteiger charge is 2.61. The second-order valence-electron chi connectivity index (χ2n) is 17.5. The predicted molar refractivity (Wildman–Crippen MR) is 226 cm³/mol. The minimum Gasteiger partial charge on any atom is -0.310 e. The Morgan fingerprint density at radius 3 is 1.74 bits per heavy atom. The lowest BCUT2D eigenvalue weighted by molar-refractivity contribution is -0.0399. The third-order valence-corrected chi connectivity index (χ3v) is 14.6. The normalized spacial score (nSPS) is 25.0. The van der Waals surface area contributed by atoms with E-state index in [0.717, 1.165) is 36.5 Å². The molecule has 0 N–H and O–H groups in total. The van der Waals surface area contributed by atoms with Crippen LogP contribution >= 0.6 is 0 Å². The van der Waals surface area contributed by atoms with Gasteiger partial charge in [-0.1, -0.05) is 122 Å². The Labute approximate surface area is 322 Å². The van der Waals surface area contributed by atoms with E-state index in [9.17, 15) is 0 Å². The van der Waals surface area contributed by atoms with E-state index in [4.69, 9.17) is 0 Å². The fourth-order valence-corrected chi connectivity index (χ4v) is 12.5. The van der Waals surface area contributed by atoms with Gasteiger partial charge in [-0.3, -0.25) is 0 Å². The van der Waals surface area contributed by atoms with E-state index in [1.807, 2.05) is 0 Å². The molecule has 54 heavy (non-hydrogen) atoms. The van der Waals surface area contributed by atoms with Crippen LogP contribution in [-0.4, -0.2) is 0 Å². The van der Waals surface area contributed by atoms with E-state index >= 15 is 0 Å². The molecule has 268 valence electrons. The topological polar surface area (TPSA) is 3.24 Å². The Hall–Kier alpha value is -4.88. The molecule has 0 heterocycles. The van der Waals surface area contributed by atoms with Crippen molar-refractivity contribution >= 4 is 17.1 Å². The summed E-state index contributed by atoms with van der Waals surface area (Å²) in [6.45, 7) is 0. The Balaban J connectivity index is 1.10. The number of aryl methyl sites for hydroxylation is 2. The molecular formula is C53H51N. The zero-order chi connectivity index (χ0) is 35.6. The molecule has 4 fully saturated rings. The summed E-state index contributed by atoms with van der Waals surface area (Å²) >= 11 is 0. The van der Waals surface area contributed by atoms with Crippen molar-refractivity contribution in [3.05, 3.63) is 162 Å². The molecule has 1 spiro atoms. The highest BCUT2D eigenvalue weighted by atomic mass is 15.1. The van der Waals surface area contributed by atoms with Crippen molar-refractivity contribution in [3.8, 4) is 33.4 Å². The second kappa shape index (κ2) is 13.2. The zero-order valence-electron chi connectivity index (χ0n) is 31.5. The molecule has 6 aliphatic rings. The Bertz CT molecular complexity index is 2320. The zero-order valence-corrected chi connectivity index (χ0v) is 31.5. The lowest BCUT2D eigenvalue weighted by atomic mass is 9.43. The molecule has 0 saturated heterocycles. The molecular weight excluding hydrogens is 651 g/mol. The Morgan fingerprint density at radius 1 is 0.389 bits per heavy atom. The van der Waals surface area contributed by atoms with E-state index in [2.05, 4.69) is 144 Å². The van der Waals surface area contributed by atoms with Crippen molar-refractivity contribution < 1.29 is 0 Å². The van der Waals surface area contributed by atoms with E-state index < -0.39 is 0 Å². The largest absolute Gasteiger partial charge is 0.310 e. The first-order valence-electron chi connectivity index (χ1n) is 21.2. The first-order valence-corrected chi connectivity index (χ1v) is 21.2. The lowest BCUT2D eigenvalue weighted by Crippen LogP contribution is -2.55. The van der Waals surface area contributed by atoms with E-state index in [-0.39, 0.29) is 5.41 Å². The summed E-state index contributed by atoms with van der Waals surface area (Å²) in [6.07, 6.45) is 15.9. The van der Waals surface area contributed by atoms with Gasteiger partial charge in [-0.15, -0.1) is 0 Å². The third kappa shape index (κ3) is 5.18. The molecule has 0 atom stereocenters. The van der Waals surface area contributed by atoms with Crippen LogP contribution in [0.4, 0.5) is 17.1 Å². The SMILES string of the molecule is c1ccc(-c2cccc(N(c3ccc4c(c3)-c3ccccc3CCCCCCC4)c3ccc4c(c3)-c3ccccc3C43C4CC5CC(C4)CC3C5)c2)cc1. The summed E-state index contributed by atoms with van der Waals surface area (Å²) in [6, 6.07) is 53.9. The first-order chi connectivity index (χ1) is 26.7. The van der Waals surface area contributed by atoms with Gasteiger partial charge in [-0.2, -0.15) is 0 Å². The van der Waals surface area contributed by atoms with E-state index in [0.29, 0.717) is 0 Å². The fraction of sp³-hybridized carbons (Fsp3) is 0.321. The minimum absolute atomic E-state index is 0.179. The minimum atomic E-state index is 0.179. The highest BCUT2D eigenvalue weighted by molar-refractivity contribution is 5.89. The molecule has 0 aliphatic heterocycles. The molecule has 0 amide bonds. The van der Waals surface area contributed by atoms with E-state index in [1.165, 1.54) is 126 Å². The quantitative estimate of drug-likeness (QED) is 0.177. The molecule has 0 unspecified atom stereocenters. The fourth-order valence-electron chi connectivity index (χ4n) is 12.5. The Kier molecular flexibility index (Phi) is 7.93. The number of rotatable bonds is 4. The van der Waals surface area contributed by atoms with Gasteiger partial charge in [0.2, 0.25) is 0 Å². The van der Waals surface area contributed by atoms with Crippen molar-refractivity contribution in [1.29, 1.82) is 0 Å². The van der Waals surface area contributed by atoms with E-state index in [1.54, 1.807) is 11.1 Å². The van der Waals surface area contributed by atoms with Crippen molar-refractivity contribution in [2.45, 2.75) is 82.5 Å². The molecule has 0 radical (unpaired) electrons. The van der Waals surface area contributed by atoms with Gasteiger partial charge in [0, 0.05) is 22.5 Å². The number of benzene rings is 6. The van der Waals surface area contributed by atoms with Crippen LogP contribution in [0.3, 0.4) is 0 Å². The monoisotopic (exact) mass is 701 g/mol. The van der Waals surface area contributed by atoms with Gasteiger partial charge in [0.05, 0.1) is 0 Å². The smallest absolute Gasteiger partial charge is 0.0468 e. The maximum absolute atomic E-state index is 2.58. The third-order valence-electron chi connectivity index (χ3n) is 14.6. The molecule has 6 aromatic rings. The summed E-state index contributed by atoms with van der Waals surface area (Å²) in [5.74, 6) is 3.43. The van der Waals surface area contributed by atoms with Crippen LogP contribution in [0.2, 0.25) is 0 Å². The van der Waals surface area contributed by atoms with Crippen LogP contribution < -0.4 is 4.90 Å². The second-order valence-corrected chi connectivity index (χ2v) is 17.5. The summed E-state index contributed by atoms with van der Waals surface area (Å²) in [7, 11) is 0. The van der Waals surface area contributed by atoms with Gasteiger partial charge < -0.3 is 4.90 Å². The van der Waals surface area contributed by atoms with Crippen LogP contribution in [0.1, 0.15) is 86.5 Å². The first kappa shape index (κ1) is 32.5. The van der Waals surface area contributed by atoms with Crippen LogP contribution in [0.5, 0.6) is 0 Å². The van der Waals surface area contributed by atoms with Gasteiger partial charge >= 0.3 is 0 Å². The Morgan fingerprint density at radius 2 is 0.963 bits per heavy atom. The van der Waals surface area contributed by atoms with Gasteiger partial charge in [0.25, 0.3) is 0 Å². The van der Waals surface area contributed by atoms with Crippen molar-refractivity contribution in [1.82, 2.24) is 0 Å². The molecule has 4 saturated carbocycles. The summed E-state index contributed by atoms with van der Waals surface area (Å²) in [4.78, 5) is 2.56. The van der Waals surface area contributed by atoms with Gasteiger partial charge in [-0.25, -0.2) is 0 Å². The standard InChI is InChI=1S/C53H51N/c1-2-5-16-39-18-9-10-21-47(39)49-34-45(25-24-40(49)17-6-3-1)54(44-20-13-19-41(33-44)38-14-7-4-8-15-38)46-26-27-52-50(35-46)48-22-11-12-23-51(48)53(52)42-29-36-28-37(31-42)32-43(53)30-36/h4,7-15,18-27,33-37,42-43H,1-3,5-6,16-17,28-32H2. The molecule has 4 bridgehead atoms. The van der Waals surface area contributed by atoms with Crippen molar-refractivity contribution in [3.63, 3.8) is 0 Å². The number of hydrogen-bond acceptors (Lipinski definition) is 1. The van der Waals surface area contributed by atoms with Gasteiger partial charge in [-0.05, 0) is 173 Å². The van der Waals surface area contributed by atoms with Crippen LogP contribution in [0.25, 0.3) is 33.4 Å². The number of nitrogens with zero attached hydrogens (tertiary/aromatic N) is 1. The molecule has 6 aromatic carbocycles. The summed E-state index contributed by atoms with van der Waals surface area (Å²) in [5.41, 5.74) is 18.4. The number of fused-ring (bicyclic) bond motifs is 6. The summed E-state index contributed by atoms with van der Waals surface area (Å²) < 4.78 is 0. The average Bonchev–Trinajstić information content (AvgIpc) is 3.48. The number of anilines is 3. The van der Waals surface area contributed by atoms with Crippen molar-refractivity contribution in [2.75, 3.05) is 4.90 Å². The maximum Gasteiger partial charge on any atom is 0.0468 e. The maximum atomic E-state index is 2.58. The van der Waals surface area contributed by atoms with Gasteiger partial charge in [0.1, 0.15) is 0 Å². The molecule has 6 aliphatic carbocycles. The van der Waals surface area contributed by atoms with Crippen LogP contribution in [0.15, 0.2) is 140 Å². The van der Waals surface area contributed by atoms with Crippen molar-refractivity contribution in [2.24, 2.45) is 23.7 Å². The highest BCUT2D eigenvalue weighted by Crippen LogP contribution is 2.69. The predicted octanol–water partition coefficient (Wildman–Crippen LogP) is 14.3. The molecule has 0 aromatic heterocycles. The molecule has 12 rings (SSSR count). The van der Waals surface area contributed by atoms with Crippen LogP contribution in [-0.2, 0) is 18.3 Å². The molecule has 1 heteroatoms. The van der Waals surface area contributed by atoms with Crippen LogP contribution in [0, 0.1) is 23.7 Å². The summed E-state index contributed by atoms with van der Waals surface area (Å²) in [5, 5.41) is 0. The lowest BCUT2D eigenvalue weighted by Gasteiger charge is -2.61. The molecule has 1 nitrogen and oxygen atoms in total.